The zero-order chi connectivity index (χ0) is 13.7. The van der Waals surface area contributed by atoms with Crippen molar-refractivity contribution in [3.05, 3.63) is 34.9 Å². The Morgan fingerprint density at radius 3 is 2.72 bits per heavy atom. The van der Waals surface area contributed by atoms with E-state index in [4.69, 9.17) is 10.8 Å². The fourth-order valence-electron chi connectivity index (χ4n) is 1.89. The number of benzene rings is 1. The zero-order valence-electron chi connectivity index (χ0n) is 11.3. The number of carboxylic acid groups (broad SMARTS) is 1. The van der Waals surface area contributed by atoms with Crippen LogP contribution in [0.5, 0.6) is 0 Å². The van der Waals surface area contributed by atoms with Gasteiger partial charge < -0.3 is 15.7 Å². The largest absolute Gasteiger partial charge is 0.480 e. The molecule has 1 atom stereocenters. The van der Waals surface area contributed by atoms with Gasteiger partial charge in [-0.25, -0.2) is 0 Å². The third-order valence-corrected chi connectivity index (χ3v) is 3.09. The van der Waals surface area contributed by atoms with Gasteiger partial charge in [0.1, 0.15) is 6.04 Å². The summed E-state index contributed by atoms with van der Waals surface area (Å²) >= 11 is 0. The van der Waals surface area contributed by atoms with E-state index < -0.39 is 12.0 Å². The van der Waals surface area contributed by atoms with Crippen LogP contribution in [0.25, 0.3) is 0 Å². The molecule has 0 saturated heterocycles. The van der Waals surface area contributed by atoms with E-state index in [2.05, 4.69) is 32.0 Å². The highest BCUT2D eigenvalue weighted by molar-refractivity contribution is 5.73. The maximum atomic E-state index is 10.7. The van der Waals surface area contributed by atoms with Crippen LogP contribution in [-0.2, 0) is 11.2 Å². The molecule has 0 radical (unpaired) electrons. The number of aliphatic carboxylic acids is 1. The van der Waals surface area contributed by atoms with E-state index >= 15 is 0 Å². The van der Waals surface area contributed by atoms with Crippen LogP contribution in [0.2, 0.25) is 0 Å². The van der Waals surface area contributed by atoms with Crippen molar-refractivity contribution in [1.29, 1.82) is 0 Å². The molecule has 18 heavy (non-hydrogen) atoms. The highest BCUT2D eigenvalue weighted by atomic mass is 16.4. The molecule has 0 aromatic heterocycles. The van der Waals surface area contributed by atoms with Gasteiger partial charge in [-0.2, -0.15) is 0 Å². The van der Waals surface area contributed by atoms with Gasteiger partial charge in [0.15, 0.2) is 0 Å². The van der Waals surface area contributed by atoms with Crippen LogP contribution in [0.15, 0.2) is 18.2 Å². The molecular formula is C14H22N2O2. The second-order valence-corrected chi connectivity index (χ2v) is 4.89. The minimum atomic E-state index is -0.950. The van der Waals surface area contributed by atoms with E-state index in [0.717, 1.165) is 13.0 Å². The summed E-state index contributed by atoms with van der Waals surface area (Å²) in [5.74, 6) is -0.950. The summed E-state index contributed by atoms with van der Waals surface area (Å²) in [5, 5.41) is 8.74. The summed E-state index contributed by atoms with van der Waals surface area (Å²) in [5.41, 5.74) is 9.34. The Kier molecular flexibility index (Phi) is 5.31. The Hall–Kier alpha value is -1.39. The fraction of sp³-hybridized carbons (Fsp3) is 0.500. The van der Waals surface area contributed by atoms with Crippen molar-refractivity contribution in [3.63, 3.8) is 0 Å². The van der Waals surface area contributed by atoms with Crippen LogP contribution >= 0.6 is 0 Å². The summed E-state index contributed by atoms with van der Waals surface area (Å²) in [6, 6.07) is 5.59. The van der Waals surface area contributed by atoms with Crippen LogP contribution < -0.4 is 5.73 Å². The van der Waals surface area contributed by atoms with Gasteiger partial charge >= 0.3 is 5.97 Å². The second kappa shape index (κ2) is 6.52. The lowest BCUT2D eigenvalue weighted by Crippen LogP contribution is -2.41. The van der Waals surface area contributed by atoms with Gasteiger partial charge in [0.25, 0.3) is 0 Å². The first kappa shape index (κ1) is 14.7. The molecule has 3 N–H and O–H groups in total. The molecule has 0 spiro atoms. The molecule has 0 fully saturated rings. The standard InChI is InChI=1S/C14H22N2O2/c1-10-4-5-11(2)12(8-10)6-7-16(3)9-13(15)14(17)18/h4-5,8,13H,6-7,9,15H2,1-3H3,(H,17,18). The Morgan fingerprint density at radius 2 is 2.11 bits per heavy atom. The predicted molar refractivity (Wildman–Crippen MR) is 72.7 cm³/mol. The molecule has 1 unspecified atom stereocenters. The van der Waals surface area contributed by atoms with Gasteiger partial charge in [0.05, 0.1) is 0 Å². The van der Waals surface area contributed by atoms with Crippen LogP contribution in [0.1, 0.15) is 16.7 Å². The van der Waals surface area contributed by atoms with Gasteiger partial charge in [0, 0.05) is 13.1 Å². The van der Waals surface area contributed by atoms with Crippen LogP contribution in [0.3, 0.4) is 0 Å². The maximum absolute atomic E-state index is 10.7. The molecule has 0 bridgehead atoms. The van der Waals surface area contributed by atoms with Gasteiger partial charge in [-0.1, -0.05) is 23.8 Å². The van der Waals surface area contributed by atoms with Crippen molar-refractivity contribution in [2.75, 3.05) is 20.1 Å². The number of likely N-dealkylation sites (N-methyl/N-ethyl adjacent to an activating group) is 1. The monoisotopic (exact) mass is 250 g/mol. The lowest BCUT2D eigenvalue weighted by Gasteiger charge is -2.19. The number of carboxylic acids is 1. The first-order valence-corrected chi connectivity index (χ1v) is 6.13. The topological polar surface area (TPSA) is 66.6 Å². The second-order valence-electron chi connectivity index (χ2n) is 4.89. The van der Waals surface area contributed by atoms with Crippen molar-refractivity contribution in [2.45, 2.75) is 26.3 Å². The van der Waals surface area contributed by atoms with Gasteiger partial charge in [0.2, 0.25) is 0 Å². The van der Waals surface area contributed by atoms with E-state index in [0.29, 0.717) is 6.54 Å². The number of hydrogen-bond acceptors (Lipinski definition) is 3. The Morgan fingerprint density at radius 1 is 1.44 bits per heavy atom. The maximum Gasteiger partial charge on any atom is 0.321 e. The first-order chi connectivity index (χ1) is 8.40. The normalized spacial score (nSPS) is 12.7. The quantitative estimate of drug-likeness (QED) is 0.796. The third kappa shape index (κ3) is 4.47. The molecule has 0 aliphatic carbocycles. The van der Waals surface area contributed by atoms with Crippen molar-refractivity contribution in [1.82, 2.24) is 4.90 Å². The summed E-state index contributed by atoms with van der Waals surface area (Å²) in [6.07, 6.45) is 0.913. The SMILES string of the molecule is Cc1ccc(C)c(CCN(C)CC(N)C(=O)O)c1. The van der Waals surface area contributed by atoms with E-state index in [1.165, 1.54) is 16.7 Å². The molecule has 0 heterocycles. The summed E-state index contributed by atoms with van der Waals surface area (Å²) in [7, 11) is 1.90. The molecule has 1 aromatic carbocycles. The van der Waals surface area contributed by atoms with Gasteiger partial charge in [-0.05, 0) is 38.4 Å². The highest BCUT2D eigenvalue weighted by Crippen LogP contribution is 2.11. The Labute approximate surface area is 108 Å². The van der Waals surface area contributed by atoms with Crippen LogP contribution in [0, 0.1) is 13.8 Å². The van der Waals surface area contributed by atoms with Crippen LogP contribution in [-0.4, -0.2) is 42.2 Å². The fourth-order valence-corrected chi connectivity index (χ4v) is 1.89. The number of nitrogens with two attached hydrogens (primary N) is 1. The van der Waals surface area contributed by atoms with Gasteiger partial charge in [-0.3, -0.25) is 4.79 Å². The number of rotatable bonds is 6. The highest BCUT2D eigenvalue weighted by Gasteiger charge is 2.13. The third-order valence-electron chi connectivity index (χ3n) is 3.09. The van der Waals surface area contributed by atoms with Crippen LogP contribution in [0.4, 0.5) is 0 Å². The minimum Gasteiger partial charge on any atom is -0.480 e. The Balaban J connectivity index is 2.49. The smallest absolute Gasteiger partial charge is 0.321 e. The molecule has 0 aliphatic rings. The van der Waals surface area contributed by atoms with E-state index in [9.17, 15) is 4.79 Å². The number of aryl methyl sites for hydroxylation is 2. The summed E-state index contributed by atoms with van der Waals surface area (Å²) < 4.78 is 0. The summed E-state index contributed by atoms with van der Waals surface area (Å²) in [4.78, 5) is 12.6. The van der Waals surface area contributed by atoms with Crippen molar-refractivity contribution < 1.29 is 9.90 Å². The molecule has 4 heteroatoms. The Bertz CT molecular complexity index is 418. The van der Waals surface area contributed by atoms with Crippen molar-refractivity contribution in [3.8, 4) is 0 Å². The number of hydrogen-bond donors (Lipinski definition) is 2. The zero-order valence-corrected chi connectivity index (χ0v) is 11.3. The molecule has 0 aliphatic heterocycles. The first-order valence-electron chi connectivity index (χ1n) is 6.13. The van der Waals surface area contributed by atoms with Crippen molar-refractivity contribution in [2.24, 2.45) is 5.73 Å². The predicted octanol–water partition coefficient (Wildman–Crippen LogP) is 1.19. The number of nitrogens with zero attached hydrogens (tertiary/aromatic N) is 1. The van der Waals surface area contributed by atoms with E-state index in [-0.39, 0.29) is 0 Å². The molecule has 1 rings (SSSR count). The number of carbonyl (C=O) groups is 1. The lowest BCUT2D eigenvalue weighted by atomic mass is 10.0. The lowest BCUT2D eigenvalue weighted by molar-refractivity contribution is -0.138. The molecule has 1 aromatic rings. The average Bonchev–Trinajstić information content (AvgIpc) is 2.30. The van der Waals surface area contributed by atoms with E-state index in [1.807, 2.05) is 11.9 Å². The average molecular weight is 250 g/mol. The molecule has 4 nitrogen and oxygen atoms in total. The molecule has 0 saturated carbocycles. The van der Waals surface area contributed by atoms with Crippen molar-refractivity contribution >= 4 is 5.97 Å². The molecule has 100 valence electrons. The van der Waals surface area contributed by atoms with Gasteiger partial charge in [-0.15, -0.1) is 0 Å². The molecule has 0 amide bonds. The van der Waals surface area contributed by atoms with E-state index in [1.54, 1.807) is 0 Å². The minimum absolute atomic E-state index is 0.375. The summed E-state index contributed by atoms with van der Waals surface area (Å²) in [6.45, 7) is 5.36. The molecular weight excluding hydrogens is 228 g/mol.